The van der Waals surface area contributed by atoms with Crippen LogP contribution in [-0.4, -0.2) is 23.1 Å². The molecule has 0 amide bonds. The number of nitrogens with zero attached hydrogens (tertiary/aromatic N) is 3. The van der Waals surface area contributed by atoms with Gasteiger partial charge in [0.15, 0.2) is 0 Å². The first-order valence-electron chi connectivity index (χ1n) is 6.96. The molecule has 3 nitrogen and oxygen atoms in total. The molecule has 0 N–H and O–H groups in total. The van der Waals surface area contributed by atoms with Crippen molar-refractivity contribution in [2.24, 2.45) is 0 Å². The lowest BCUT2D eigenvalue weighted by atomic mass is 10.1. The van der Waals surface area contributed by atoms with E-state index in [1.807, 2.05) is 6.07 Å². The molecule has 100 valence electrons. The average Bonchev–Trinajstić information content (AvgIpc) is 2.27. The Balaban J connectivity index is 2.19. The molecule has 1 aromatic rings. The maximum atomic E-state index is 4.71. The van der Waals surface area contributed by atoms with E-state index in [9.17, 15) is 0 Å². The SMILES string of the molecule is CC(C)c1nc(Br)cc(N2CCCCCCC2)n1. The maximum absolute atomic E-state index is 4.71. The monoisotopic (exact) mass is 311 g/mol. The summed E-state index contributed by atoms with van der Waals surface area (Å²) in [5.41, 5.74) is 0. The van der Waals surface area contributed by atoms with Gasteiger partial charge in [-0.05, 0) is 28.8 Å². The highest BCUT2D eigenvalue weighted by Crippen LogP contribution is 2.22. The second kappa shape index (κ2) is 6.50. The third-order valence-electron chi connectivity index (χ3n) is 3.40. The average molecular weight is 312 g/mol. The van der Waals surface area contributed by atoms with Gasteiger partial charge in [0.1, 0.15) is 16.2 Å². The summed E-state index contributed by atoms with van der Waals surface area (Å²) in [5, 5.41) is 0. The summed E-state index contributed by atoms with van der Waals surface area (Å²) in [6, 6.07) is 2.05. The Bertz CT molecular complexity index is 385. The van der Waals surface area contributed by atoms with E-state index in [1.165, 1.54) is 32.1 Å². The fraction of sp³-hybridized carbons (Fsp3) is 0.714. The molecule has 1 aromatic heterocycles. The van der Waals surface area contributed by atoms with Crippen molar-refractivity contribution in [3.8, 4) is 0 Å². The van der Waals surface area contributed by atoms with Crippen LogP contribution in [0.1, 0.15) is 57.7 Å². The predicted molar refractivity (Wildman–Crippen MR) is 79.1 cm³/mol. The van der Waals surface area contributed by atoms with Crippen LogP contribution in [-0.2, 0) is 0 Å². The molecule has 1 fully saturated rings. The number of hydrogen-bond donors (Lipinski definition) is 0. The first-order chi connectivity index (χ1) is 8.66. The van der Waals surface area contributed by atoms with Gasteiger partial charge in [-0.25, -0.2) is 9.97 Å². The summed E-state index contributed by atoms with van der Waals surface area (Å²) in [6.45, 7) is 6.53. The summed E-state index contributed by atoms with van der Waals surface area (Å²) in [4.78, 5) is 11.6. The van der Waals surface area contributed by atoms with E-state index in [4.69, 9.17) is 4.98 Å². The van der Waals surface area contributed by atoms with Crippen molar-refractivity contribution in [3.63, 3.8) is 0 Å². The van der Waals surface area contributed by atoms with E-state index >= 15 is 0 Å². The Morgan fingerprint density at radius 3 is 2.28 bits per heavy atom. The summed E-state index contributed by atoms with van der Waals surface area (Å²) < 4.78 is 0.901. The van der Waals surface area contributed by atoms with Crippen molar-refractivity contribution < 1.29 is 0 Å². The lowest BCUT2D eigenvalue weighted by Crippen LogP contribution is -2.28. The number of anilines is 1. The largest absolute Gasteiger partial charge is 0.356 e. The zero-order valence-corrected chi connectivity index (χ0v) is 12.9. The van der Waals surface area contributed by atoms with Crippen molar-refractivity contribution >= 4 is 21.7 Å². The molecule has 0 radical (unpaired) electrons. The molecule has 0 unspecified atom stereocenters. The Morgan fingerprint density at radius 1 is 1.06 bits per heavy atom. The highest BCUT2D eigenvalue weighted by Gasteiger charge is 2.13. The third-order valence-corrected chi connectivity index (χ3v) is 3.80. The first-order valence-corrected chi connectivity index (χ1v) is 7.75. The van der Waals surface area contributed by atoms with Crippen molar-refractivity contribution in [2.45, 2.75) is 51.9 Å². The van der Waals surface area contributed by atoms with Crippen LogP contribution < -0.4 is 4.90 Å². The highest BCUT2D eigenvalue weighted by molar-refractivity contribution is 9.10. The van der Waals surface area contributed by atoms with Crippen molar-refractivity contribution in [2.75, 3.05) is 18.0 Å². The number of halogens is 1. The third kappa shape index (κ3) is 3.67. The second-order valence-electron chi connectivity index (χ2n) is 5.32. The van der Waals surface area contributed by atoms with Crippen LogP contribution >= 0.6 is 15.9 Å². The Labute approximate surface area is 118 Å². The molecule has 1 aliphatic rings. The fourth-order valence-corrected chi connectivity index (χ4v) is 2.71. The van der Waals surface area contributed by atoms with E-state index in [2.05, 4.69) is 39.7 Å². The van der Waals surface area contributed by atoms with E-state index < -0.39 is 0 Å². The van der Waals surface area contributed by atoms with Gasteiger partial charge in [0, 0.05) is 25.1 Å². The molecule has 0 bridgehead atoms. The Kier molecular flexibility index (Phi) is 4.98. The van der Waals surface area contributed by atoms with Crippen LogP contribution in [0.3, 0.4) is 0 Å². The smallest absolute Gasteiger partial charge is 0.134 e. The number of aromatic nitrogens is 2. The topological polar surface area (TPSA) is 29.0 Å². The summed E-state index contributed by atoms with van der Waals surface area (Å²) >= 11 is 3.51. The minimum atomic E-state index is 0.371. The molecule has 2 heterocycles. The minimum Gasteiger partial charge on any atom is -0.356 e. The van der Waals surface area contributed by atoms with Gasteiger partial charge in [-0.2, -0.15) is 0 Å². The van der Waals surface area contributed by atoms with Gasteiger partial charge in [0.05, 0.1) is 0 Å². The summed E-state index contributed by atoms with van der Waals surface area (Å²) in [7, 11) is 0. The molecule has 0 spiro atoms. The van der Waals surface area contributed by atoms with Crippen LogP contribution in [0.25, 0.3) is 0 Å². The molecular weight excluding hydrogens is 290 g/mol. The molecule has 1 aliphatic heterocycles. The first kappa shape index (κ1) is 13.8. The van der Waals surface area contributed by atoms with Gasteiger partial charge in [-0.15, -0.1) is 0 Å². The van der Waals surface area contributed by atoms with Gasteiger partial charge in [-0.3, -0.25) is 0 Å². The predicted octanol–water partition coefficient (Wildman–Crippen LogP) is 4.13. The van der Waals surface area contributed by atoms with Gasteiger partial charge in [0.25, 0.3) is 0 Å². The van der Waals surface area contributed by atoms with E-state index in [0.29, 0.717) is 5.92 Å². The van der Waals surface area contributed by atoms with E-state index in [1.54, 1.807) is 0 Å². The Hall–Kier alpha value is -0.640. The van der Waals surface area contributed by atoms with Gasteiger partial charge in [-0.1, -0.05) is 33.1 Å². The van der Waals surface area contributed by atoms with Crippen LogP contribution in [0.15, 0.2) is 10.7 Å². The number of rotatable bonds is 2. The quantitative estimate of drug-likeness (QED) is 0.769. The molecule has 0 aliphatic carbocycles. The van der Waals surface area contributed by atoms with Crippen LogP contribution in [0, 0.1) is 0 Å². The van der Waals surface area contributed by atoms with Gasteiger partial charge >= 0.3 is 0 Å². The van der Waals surface area contributed by atoms with Crippen LogP contribution in [0.2, 0.25) is 0 Å². The Morgan fingerprint density at radius 2 is 1.67 bits per heavy atom. The normalized spacial score (nSPS) is 17.7. The van der Waals surface area contributed by atoms with Crippen molar-refractivity contribution in [1.29, 1.82) is 0 Å². The highest BCUT2D eigenvalue weighted by atomic mass is 79.9. The van der Waals surface area contributed by atoms with Crippen molar-refractivity contribution in [1.82, 2.24) is 9.97 Å². The zero-order valence-electron chi connectivity index (χ0n) is 11.3. The molecule has 2 rings (SSSR count). The molecule has 0 atom stereocenters. The molecule has 4 heteroatoms. The van der Waals surface area contributed by atoms with Crippen molar-refractivity contribution in [3.05, 3.63) is 16.5 Å². The second-order valence-corrected chi connectivity index (χ2v) is 6.13. The summed E-state index contributed by atoms with van der Waals surface area (Å²) in [6.07, 6.45) is 6.63. The molecule has 1 saturated heterocycles. The lowest BCUT2D eigenvalue weighted by molar-refractivity contribution is 0.552. The van der Waals surface area contributed by atoms with Crippen LogP contribution in [0.4, 0.5) is 5.82 Å². The standard InChI is InChI=1S/C14H22BrN3/c1-11(2)14-16-12(15)10-13(17-14)18-8-6-4-3-5-7-9-18/h10-11H,3-9H2,1-2H3. The minimum absolute atomic E-state index is 0.371. The van der Waals surface area contributed by atoms with E-state index in [-0.39, 0.29) is 0 Å². The van der Waals surface area contributed by atoms with Gasteiger partial charge in [0.2, 0.25) is 0 Å². The lowest BCUT2D eigenvalue weighted by Gasteiger charge is -2.26. The summed E-state index contributed by atoms with van der Waals surface area (Å²) in [5.74, 6) is 2.39. The fourth-order valence-electron chi connectivity index (χ4n) is 2.32. The molecular formula is C14H22BrN3. The van der Waals surface area contributed by atoms with E-state index in [0.717, 1.165) is 29.3 Å². The zero-order chi connectivity index (χ0) is 13.0. The number of hydrogen-bond acceptors (Lipinski definition) is 3. The van der Waals surface area contributed by atoms with Gasteiger partial charge < -0.3 is 4.90 Å². The molecule has 0 aromatic carbocycles. The maximum Gasteiger partial charge on any atom is 0.134 e. The molecule has 18 heavy (non-hydrogen) atoms. The van der Waals surface area contributed by atoms with Crippen LogP contribution in [0.5, 0.6) is 0 Å². The molecule has 0 saturated carbocycles.